The lowest BCUT2D eigenvalue weighted by molar-refractivity contribution is 0.0996. The van der Waals surface area contributed by atoms with Crippen LogP contribution < -0.4 is 25.4 Å². The average molecular weight is 692 g/mol. The lowest BCUT2D eigenvalue weighted by atomic mass is 10.0. The standard InChI is InChI=1S/C34H38FN7O6S/c1-23-3-11-31(37-20-23)42(34(44)40-25-5-10-30(35)29(19-25)33(36)43)26-13-16-41(17-14-26)22-24-4-12-32(38-21-24)48-27-6-8-28(9-7-27)49(45,46)39-15-18-47-2/h3-12,19-21,26,39H,13-18,22H2,1-2H3,(H2,36,43)(H,40,44). The number of piperidine rings is 1. The van der Waals surface area contributed by atoms with Gasteiger partial charge in [0.1, 0.15) is 17.4 Å². The van der Waals surface area contributed by atoms with Gasteiger partial charge in [0.15, 0.2) is 0 Å². The van der Waals surface area contributed by atoms with Crippen LogP contribution in [0.1, 0.15) is 34.3 Å². The van der Waals surface area contributed by atoms with E-state index in [9.17, 15) is 22.4 Å². The lowest BCUT2D eigenvalue weighted by Crippen LogP contribution is -2.49. The normalized spacial score (nSPS) is 13.9. The molecule has 2 aromatic carbocycles. The summed E-state index contributed by atoms with van der Waals surface area (Å²) >= 11 is 0. The number of halogens is 1. The fourth-order valence-electron chi connectivity index (χ4n) is 5.36. The van der Waals surface area contributed by atoms with Gasteiger partial charge >= 0.3 is 6.03 Å². The summed E-state index contributed by atoms with van der Waals surface area (Å²) in [5.74, 6) is -0.397. The van der Waals surface area contributed by atoms with Crippen molar-refractivity contribution in [3.05, 3.63) is 102 Å². The molecule has 1 saturated heterocycles. The first-order valence-corrected chi connectivity index (χ1v) is 17.1. The third-order valence-corrected chi connectivity index (χ3v) is 9.40. The summed E-state index contributed by atoms with van der Waals surface area (Å²) in [6.07, 6.45) is 4.76. The predicted octanol–water partition coefficient (Wildman–Crippen LogP) is 4.44. The Morgan fingerprint density at radius 3 is 2.41 bits per heavy atom. The molecule has 3 heterocycles. The fourth-order valence-corrected chi connectivity index (χ4v) is 6.38. The number of nitrogens with two attached hydrogens (primary N) is 1. The van der Waals surface area contributed by atoms with Gasteiger partial charge in [-0.05, 0) is 79.4 Å². The highest BCUT2D eigenvalue weighted by Gasteiger charge is 2.30. The molecule has 1 fully saturated rings. The number of nitrogens with one attached hydrogen (secondary N) is 2. The maximum Gasteiger partial charge on any atom is 0.327 e. The molecule has 1 aliphatic rings. The number of aromatic nitrogens is 2. The molecular weight excluding hydrogens is 653 g/mol. The molecule has 4 aromatic rings. The number of primary amides is 1. The second-order valence-corrected chi connectivity index (χ2v) is 13.3. The third-order valence-electron chi connectivity index (χ3n) is 7.93. The van der Waals surface area contributed by atoms with Crippen molar-refractivity contribution in [3.63, 3.8) is 0 Å². The van der Waals surface area contributed by atoms with Crippen LogP contribution in [0.2, 0.25) is 0 Å². The first kappa shape index (κ1) is 35.3. The fraction of sp³-hybridized carbons (Fsp3) is 0.294. The summed E-state index contributed by atoms with van der Waals surface area (Å²) in [6, 6.07) is 16.5. The van der Waals surface area contributed by atoms with Gasteiger partial charge in [-0.2, -0.15) is 0 Å². The molecule has 2 aromatic heterocycles. The molecule has 0 unspecified atom stereocenters. The molecule has 4 N–H and O–H groups in total. The van der Waals surface area contributed by atoms with Crippen LogP contribution >= 0.6 is 0 Å². The highest BCUT2D eigenvalue weighted by atomic mass is 32.2. The van der Waals surface area contributed by atoms with Crippen molar-refractivity contribution in [2.24, 2.45) is 5.73 Å². The number of hydrogen-bond acceptors (Lipinski definition) is 9. The highest BCUT2D eigenvalue weighted by molar-refractivity contribution is 7.89. The number of likely N-dealkylation sites (tertiary alicyclic amines) is 1. The zero-order chi connectivity index (χ0) is 35.0. The Hall–Kier alpha value is -4.96. The number of hydrogen-bond donors (Lipinski definition) is 3. The summed E-state index contributed by atoms with van der Waals surface area (Å²) in [7, 11) is -2.15. The number of anilines is 2. The van der Waals surface area contributed by atoms with Crippen molar-refractivity contribution in [1.82, 2.24) is 19.6 Å². The van der Waals surface area contributed by atoms with Crippen molar-refractivity contribution in [3.8, 4) is 11.6 Å². The maximum absolute atomic E-state index is 14.0. The van der Waals surface area contributed by atoms with Crippen molar-refractivity contribution < 1.29 is 31.9 Å². The molecule has 49 heavy (non-hydrogen) atoms. The number of ether oxygens (including phenoxy) is 2. The van der Waals surface area contributed by atoms with Crippen molar-refractivity contribution in [2.45, 2.75) is 37.2 Å². The lowest BCUT2D eigenvalue weighted by Gasteiger charge is -2.38. The van der Waals surface area contributed by atoms with Gasteiger partial charge in [-0.25, -0.2) is 32.3 Å². The van der Waals surface area contributed by atoms with E-state index in [-0.39, 0.29) is 35.3 Å². The minimum atomic E-state index is -3.65. The number of rotatable bonds is 13. The molecular formula is C34H38FN7O6S. The Bertz CT molecular complexity index is 1850. The molecule has 13 nitrogen and oxygen atoms in total. The van der Waals surface area contributed by atoms with E-state index in [1.807, 2.05) is 19.1 Å². The second kappa shape index (κ2) is 16.0. The Labute approximate surface area is 284 Å². The molecule has 0 radical (unpaired) electrons. The number of nitrogens with zero attached hydrogens (tertiary/aromatic N) is 4. The molecule has 1 aliphatic heterocycles. The number of aryl methyl sites for hydroxylation is 1. The molecule has 5 rings (SSSR count). The topological polar surface area (TPSA) is 169 Å². The van der Waals surface area contributed by atoms with Gasteiger partial charge in [-0.15, -0.1) is 0 Å². The molecule has 258 valence electrons. The number of carbonyl (C=O) groups excluding carboxylic acids is 2. The number of carbonyl (C=O) groups is 2. The number of pyridine rings is 2. The van der Waals surface area contributed by atoms with Crippen molar-refractivity contribution in [1.29, 1.82) is 0 Å². The molecule has 0 bridgehead atoms. The van der Waals surface area contributed by atoms with Gasteiger partial charge in [0.05, 0.1) is 17.1 Å². The first-order valence-electron chi connectivity index (χ1n) is 15.6. The van der Waals surface area contributed by atoms with Gasteiger partial charge in [-0.1, -0.05) is 12.1 Å². The van der Waals surface area contributed by atoms with Gasteiger partial charge in [-0.3, -0.25) is 14.6 Å². The Balaban J connectivity index is 1.18. The van der Waals surface area contributed by atoms with Crippen LogP contribution in [0, 0.1) is 12.7 Å². The van der Waals surface area contributed by atoms with E-state index >= 15 is 0 Å². The van der Waals surface area contributed by atoms with Crippen LogP contribution in [0.3, 0.4) is 0 Å². The van der Waals surface area contributed by atoms with Crippen LogP contribution in [-0.4, -0.2) is 74.6 Å². The number of amides is 3. The van der Waals surface area contributed by atoms with Crippen LogP contribution in [0.15, 0.2) is 84.0 Å². The summed E-state index contributed by atoms with van der Waals surface area (Å²) < 4.78 is 51.9. The quantitative estimate of drug-likeness (QED) is 0.172. The van der Waals surface area contributed by atoms with E-state index in [1.54, 1.807) is 41.6 Å². The summed E-state index contributed by atoms with van der Waals surface area (Å²) in [5, 5.41) is 2.77. The van der Waals surface area contributed by atoms with Crippen LogP contribution in [0.5, 0.6) is 11.6 Å². The van der Waals surface area contributed by atoms with E-state index < -0.39 is 27.8 Å². The molecule has 0 aliphatic carbocycles. The minimum absolute atomic E-state index is 0.119. The summed E-state index contributed by atoms with van der Waals surface area (Å²) in [5.41, 5.74) is 7.14. The highest BCUT2D eigenvalue weighted by Crippen LogP contribution is 2.26. The molecule has 0 spiro atoms. The van der Waals surface area contributed by atoms with Gasteiger partial charge < -0.3 is 20.5 Å². The van der Waals surface area contributed by atoms with E-state index in [0.29, 0.717) is 49.9 Å². The first-order chi connectivity index (χ1) is 23.5. The van der Waals surface area contributed by atoms with Gasteiger partial charge in [0.2, 0.25) is 15.9 Å². The van der Waals surface area contributed by atoms with E-state index in [4.69, 9.17) is 15.2 Å². The molecule has 15 heteroatoms. The number of methoxy groups -OCH3 is 1. The second-order valence-electron chi connectivity index (χ2n) is 11.5. The summed E-state index contributed by atoms with van der Waals surface area (Å²) in [6.45, 7) is 4.40. The number of sulfonamides is 1. The van der Waals surface area contributed by atoms with Crippen LogP contribution in [0.4, 0.5) is 20.7 Å². The zero-order valence-electron chi connectivity index (χ0n) is 27.1. The third kappa shape index (κ3) is 9.35. The van der Waals surface area contributed by atoms with E-state index in [1.165, 1.54) is 31.4 Å². The Morgan fingerprint density at radius 2 is 1.78 bits per heavy atom. The van der Waals surface area contributed by atoms with Crippen molar-refractivity contribution >= 4 is 33.5 Å². The molecule has 0 atom stereocenters. The van der Waals surface area contributed by atoms with Crippen LogP contribution in [0.25, 0.3) is 0 Å². The SMILES string of the molecule is COCCNS(=O)(=O)c1ccc(Oc2ccc(CN3CCC(N(C(=O)Nc4ccc(F)c(C(N)=O)c4)c4ccc(C)cn4)CC3)cn2)cc1. The van der Waals surface area contributed by atoms with E-state index in [2.05, 4.69) is 24.9 Å². The largest absolute Gasteiger partial charge is 0.439 e. The van der Waals surface area contributed by atoms with Gasteiger partial charge in [0, 0.05) is 63.5 Å². The smallest absolute Gasteiger partial charge is 0.327 e. The number of benzene rings is 2. The number of urea groups is 1. The average Bonchev–Trinajstić information content (AvgIpc) is 3.08. The Morgan fingerprint density at radius 1 is 1.02 bits per heavy atom. The molecule has 3 amide bonds. The maximum atomic E-state index is 14.0. The Kier molecular flexibility index (Phi) is 11.5. The minimum Gasteiger partial charge on any atom is -0.439 e. The van der Waals surface area contributed by atoms with Crippen molar-refractivity contribution in [2.75, 3.05) is 43.6 Å². The van der Waals surface area contributed by atoms with Gasteiger partial charge in [0.25, 0.3) is 5.91 Å². The molecule has 0 saturated carbocycles. The summed E-state index contributed by atoms with van der Waals surface area (Å²) in [4.78, 5) is 38.1. The predicted molar refractivity (Wildman–Crippen MR) is 182 cm³/mol. The van der Waals surface area contributed by atoms with Crippen LogP contribution in [-0.2, 0) is 21.3 Å². The van der Waals surface area contributed by atoms with E-state index in [0.717, 1.165) is 17.2 Å². The zero-order valence-corrected chi connectivity index (χ0v) is 28.0. The monoisotopic (exact) mass is 691 g/mol.